The number of amides is 1. The molecule has 0 saturated carbocycles. The summed E-state index contributed by atoms with van der Waals surface area (Å²) in [4.78, 5) is 9.22. The number of halogens is 3. The maximum Gasteiger partial charge on any atom is 0.353 e. The van der Waals surface area contributed by atoms with Gasteiger partial charge in [-0.1, -0.05) is 0 Å². The van der Waals surface area contributed by atoms with Crippen LogP contribution in [0, 0.1) is 0 Å². The first-order chi connectivity index (χ1) is 3.62. The van der Waals surface area contributed by atoms with Gasteiger partial charge in [0.15, 0.2) is 6.67 Å². The maximum atomic E-state index is 11.4. The molecule has 0 fully saturated rings. The predicted octanol–water partition coefficient (Wildman–Crippen LogP) is 0.295. The normalized spacial score (nSPS) is 10.9. The number of rotatable bonds is 3. The second-order valence-electron chi connectivity index (χ2n) is 1.10. The average molecular weight is 127 g/mol. The highest BCUT2D eigenvalue weighted by molar-refractivity contribution is 5.46. The zero-order valence-electron chi connectivity index (χ0n) is 3.83. The van der Waals surface area contributed by atoms with Crippen molar-refractivity contribution >= 4 is 6.41 Å². The lowest BCUT2D eigenvalue weighted by Gasteiger charge is -2.07. The number of carbonyl (C=O) groups is 1. The molecule has 8 heavy (non-hydrogen) atoms. The summed E-state index contributed by atoms with van der Waals surface area (Å²) in [5.41, 5.74) is 0. The first kappa shape index (κ1) is 7.26. The third kappa shape index (κ3) is 2.44. The first-order valence-electron chi connectivity index (χ1n) is 1.77. The van der Waals surface area contributed by atoms with Gasteiger partial charge in [0.05, 0.1) is 0 Å². The SMILES string of the molecule is O=CNC(F)(F)CF. The summed E-state index contributed by atoms with van der Waals surface area (Å²) in [5, 5.41) is 0.983. The van der Waals surface area contributed by atoms with E-state index in [0.717, 1.165) is 5.32 Å². The Morgan fingerprint density at radius 1 is 1.62 bits per heavy atom. The zero-order valence-corrected chi connectivity index (χ0v) is 3.83. The van der Waals surface area contributed by atoms with Crippen molar-refractivity contribution in [3.63, 3.8) is 0 Å². The van der Waals surface area contributed by atoms with Crippen LogP contribution in [0.5, 0.6) is 0 Å². The molecule has 5 heteroatoms. The lowest BCUT2D eigenvalue weighted by atomic mass is 10.6. The van der Waals surface area contributed by atoms with Crippen LogP contribution in [0.15, 0.2) is 0 Å². The largest absolute Gasteiger partial charge is 0.353 e. The Labute approximate surface area is 43.7 Å². The summed E-state index contributed by atoms with van der Waals surface area (Å²) in [6.45, 7) is -1.87. The Hall–Kier alpha value is -0.740. The second kappa shape index (κ2) is 2.54. The summed E-state index contributed by atoms with van der Waals surface area (Å²) in [6, 6.07) is -3.69. The average Bonchev–Trinajstić information content (AvgIpc) is 1.67. The van der Waals surface area contributed by atoms with Gasteiger partial charge in [0, 0.05) is 0 Å². The van der Waals surface area contributed by atoms with Gasteiger partial charge < -0.3 is 0 Å². The molecule has 0 saturated heterocycles. The molecule has 0 aromatic heterocycles. The van der Waals surface area contributed by atoms with Crippen molar-refractivity contribution in [3.8, 4) is 0 Å². The third-order valence-electron chi connectivity index (χ3n) is 0.438. The minimum absolute atomic E-state index is 0.250. The number of carbonyl (C=O) groups excluding carboxylic acids is 1. The van der Waals surface area contributed by atoms with Crippen LogP contribution in [0.2, 0.25) is 0 Å². The standard InChI is InChI=1S/C3H4F3NO/c4-1-3(5,6)7-2-8/h2H,1H2,(H,7,8). The van der Waals surface area contributed by atoms with Gasteiger partial charge in [0.25, 0.3) is 0 Å². The second-order valence-corrected chi connectivity index (χ2v) is 1.10. The fourth-order valence-electron chi connectivity index (χ4n) is 0.125. The van der Waals surface area contributed by atoms with Crippen molar-refractivity contribution in [2.75, 3.05) is 6.67 Å². The molecule has 0 aliphatic heterocycles. The van der Waals surface area contributed by atoms with E-state index < -0.39 is 12.7 Å². The number of nitrogens with one attached hydrogen (secondary N) is 1. The van der Waals surface area contributed by atoms with Crippen molar-refractivity contribution in [1.29, 1.82) is 0 Å². The van der Waals surface area contributed by atoms with Crippen LogP contribution >= 0.6 is 0 Å². The van der Waals surface area contributed by atoms with E-state index in [1.54, 1.807) is 0 Å². The summed E-state index contributed by atoms with van der Waals surface area (Å²) in [5.74, 6) is 0. The van der Waals surface area contributed by atoms with Crippen molar-refractivity contribution in [1.82, 2.24) is 5.32 Å². The van der Waals surface area contributed by atoms with E-state index in [1.807, 2.05) is 0 Å². The minimum atomic E-state index is -3.69. The number of alkyl halides is 3. The molecular formula is C3H4F3NO. The quantitative estimate of drug-likeness (QED) is 0.428. The predicted molar refractivity (Wildman–Crippen MR) is 20.1 cm³/mol. The van der Waals surface area contributed by atoms with E-state index in [-0.39, 0.29) is 6.41 Å². The summed E-state index contributed by atoms with van der Waals surface area (Å²) in [7, 11) is 0. The smallest absolute Gasteiger partial charge is 0.298 e. The monoisotopic (exact) mass is 127 g/mol. The molecule has 48 valence electrons. The number of hydrogen-bond acceptors (Lipinski definition) is 1. The van der Waals surface area contributed by atoms with Crippen LogP contribution in [0.3, 0.4) is 0 Å². The topological polar surface area (TPSA) is 29.1 Å². The highest BCUT2D eigenvalue weighted by atomic mass is 19.3. The van der Waals surface area contributed by atoms with Gasteiger partial charge in [-0.15, -0.1) is 0 Å². The highest BCUT2D eigenvalue weighted by Gasteiger charge is 2.26. The van der Waals surface area contributed by atoms with Gasteiger partial charge in [0.2, 0.25) is 6.41 Å². The van der Waals surface area contributed by atoms with Gasteiger partial charge in [-0.25, -0.2) is 4.39 Å². The van der Waals surface area contributed by atoms with Crippen molar-refractivity contribution in [2.24, 2.45) is 0 Å². The molecule has 1 amide bonds. The van der Waals surface area contributed by atoms with Crippen LogP contribution in [0.1, 0.15) is 0 Å². The van der Waals surface area contributed by atoms with E-state index >= 15 is 0 Å². The minimum Gasteiger partial charge on any atom is -0.298 e. The lowest BCUT2D eigenvalue weighted by Crippen LogP contribution is -2.37. The molecule has 0 aromatic rings. The molecule has 2 nitrogen and oxygen atoms in total. The van der Waals surface area contributed by atoms with Crippen molar-refractivity contribution in [3.05, 3.63) is 0 Å². The molecule has 0 aliphatic rings. The molecule has 0 aromatic carbocycles. The number of hydrogen-bond donors (Lipinski definition) is 1. The third-order valence-corrected chi connectivity index (χ3v) is 0.438. The summed E-state index contributed by atoms with van der Waals surface area (Å²) in [6.07, 6.45) is -0.250. The lowest BCUT2D eigenvalue weighted by molar-refractivity contribution is -0.122. The van der Waals surface area contributed by atoms with E-state index in [4.69, 9.17) is 0 Å². The van der Waals surface area contributed by atoms with E-state index in [2.05, 4.69) is 0 Å². The van der Waals surface area contributed by atoms with Crippen molar-refractivity contribution in [2.45, 2.75) is 6.05 Å². The van der Waals surface area contributed by atoms with E-state index in [1.165, 1.54) is 0 Å². The Balaban J connectivity index is 3.53. The fraction of sp³-hybridized carbons (Fsp3) is 0.667. The molecule has 0 bridgehead atoms. The van der Waals surface area contributed by atoms with Gasteiger partial charge >= 0.3 is 6.05 Å². The summed E-state index contributed by atoms with van der Waals surface area (Å²) < 4.78 is 33.9. The van der Waals surface area contributed by atoms with Gasteiger partial charge in [-0.2, -0.15) is 8.78 Å². The Morgan fingerprint density at radius 3 is 2.25 bits per heavy atom. The van der Waals surface area contributed by atoms with Crippen LogP contribution in [0.4, 0.5) is 13.2 Å². The molecule has 0 atom stereocenters. The van der Waals surface area contributed by atoms with Gasteiger partial charge in [0.1, 0.15) is 0 Å². The first-order valence-corrected chi connectivity index (χ1v) is 1.77. The Bertz CT molecular complexity index is 84.6. The summed E-state index contributed by atoms with van der Waals surface area (Å²) >= 11 is 0. The molecule has 0 rings (SSSR count). The van der Waals surface area contributed by atoms with Crippen molar-refractivity contribution < 1.29 is 18.0 Å². The van der Waals surface area contributed by atoms with Gasteiger partial charge in [-0.3, -0.25) is 10.1 Å². The molecule has 0 aliphatic carbocycles. The fourth-order valence-corrected chi connectivity index (χ4v) is 0.125. The van der Waals surface area contributed by atoms with Gasteiger partial charge in [-0.05, 0) is 0 Å². The highest BCUT2D eigenvalue weighted by Crippen LogP contribution is 2.06. The molecule has 0 heterocycles. The zero-order chi connectivity index (χ0) is 6.62. The Morgan fingerprint density at radius 2 is 2.12 bits per heavy atom. The van der Waals surface area contributed by atoms with Crippen LogP contribution in [-0.2, 0) is 4.79 Å². The van der Waals surface area contributed by atoms with Crippen LogP contribution < -0.4 is 5.32 Å². The van der Waals surface area contributed by atoms with E-state index in [9.17, 15) is 18.0 Å². The Kier molecular flexibility index (Phi) is 2.30. The molecule has 0 unspecified atom stereocenters. The maximum absolute atomic E-state index is 11.4. The van der Waals surface area contributed by atoms with Crippen LogP contribution in [-0.4, -0.2) is 19.1 Å². The van der Waals surface area contributed by atoms with E-state index in [0.29, 0.717) is 0 Å². The van der Waals surface area contributed by atoms with Crippen LogP contribution in [0.25, 0.3) is 0 Å². The molecule has 1 N–H and O–H groups in total. The molecule has 0 radical (unpaired) electrons. The molecular weight excluding hydrogens is 123 g/mol. The molecule has 0 spiro atoms.